The molecule has 0 unspecified atom stereocenters. The van der Waals surface area contributed by atoms with Gasteiger partial charge >= 0.3 is 0 Å². The highest BCUT2D eigenvalue weighted by Gasteiger charge is 2.19. The third-order valence-electron chi connectivity index (χ3n) is 4.44. The Kier molecular flexibility index (Phi) is 5.35. The molecule has 4 aromatic rings. The molecule has 4 rings (SSSR count). The fourth-order valence-electron chi connectivity index (χ4n) is 3.04. The van der Waals surface area contributed by atoms with E-state index in [2.05, 4.69) is 0 Å². The van der Waals surface area contributed by atoms with E-state index in [1.807, 2.05) is 12.1 Å². The lowest BCUT2D eigenvalue weighted by molar-refractivity contribution is 0.103. The minimum atomic E-state index is -0.214. The van der Waals surface area contributed by atoms with Crippen molar-refractivity contribution in [3.05, 3.63) is 108 Å². The minimum absolute atomic E-state index is 0.214. The average Bonchev–Trinajstić information content (AvgIpc) is 2.74. The van der Waals surface area contributed by atoms with Gasteiger partial charge in [-0.1, -0.05) is 36.4 Å². The van der Waals surface area contributed by atoms with E-state index in [-0.39, 0.29) is 5.78 Å². The molecule has 0 radical (unpaired) electrons. The highest BCUT2D eigenvalue weighted by atomic mass is 16.5. The summed E-state index contributed by atoms with van der Waals surface area (Å²) in [6, 6.07) is 28.3. The van der Waals surface area contributed by atoms with Gasteiger partial charge in [0.25, 0.3) is 0 Å². The van der Waals surface area contributed by atoms with Gasteiger partial charge in [-0.3, -0.25) is 4.79 Å². The van der Waals surface area contributed by atoms with Crippen molar-refractivity contribution in [3.63, 3.8) is 0 Å². The molecule has 4 aromatic carbocycles. The molecule has 148 valence electrons. The number of hydrogen-bond acceptors (Lipinski definition) is 5. The lowest BCUT2D eigenvalue weighted by atomic mass is 10.0. The first-order valence-electron chi connectivity index (χ1n) is 9.40. The zero-order valence-corrected chi connectivity index (χ0v) is 16.1. The van der Waals surface area contributed by atoms with Gasteiger partial charge < -0.3 is 20.9 Å². The van der Waals surface area contributed by atoms with Crippen LogP contribution < -0.4 is 20.9 Å². The number of benzene rings is 4. The summed E-state index contributed by atoms with van der Waals surface area (Å²) in [6.45, 7) is 0. The molecule has 0 heterocycles. The minimum Gasteiger partial charge on any atom is -0.457 e. The standard InChI is InChI=1S/C25H20N2O3/c26-17-7-5-9-19(15-17)29-23-13-3-1-11-21(23)25(28)22-12-2-4-14-24(22)30-20-10-6-8-18(27)16-20/h1-16H,26-27H2. The third kappa shape index (κ3) is 4.25. The van der Waals surface area contributed by atoms with Crippen molar-refractivity contribution >= 4 is 17.2 Å². The van der Waals surface area contributed by atoms with Crippen LogP contribution in [0.5, 0.6) is 23.0 Å². The lowest BCUT2D eigenvalue weighted by Crippen LogP contribution is -2.05. The summed E-state index contributed by atoms with van der Waals surface area (Å²) in [5.41, 5.74) is 13.7. The molecule has 0 aromatic heterocycles. The number of nitrogen functional groups attached to an aromatic ring is 2. The van der Waals surface area contributed by atoms with E-state index in [1.54, 1.807) is 84.9 Å². The summed E-state index contributed by atoms with van der Waals surface area (Å²) < 4.78 is 11.9. The molecular weight excluding hydrogens is 376 g/mol. The van der Waals surface area contributed by atoms with Crippen LogP contribution in [0.2, 0.25) is 0 Å². The number of para-hydroxylation sites is 2. The normalized spacial score (nSPS) is 10.4. The molecule has 0 saturated heterocycles. The molecule has 0 atom stereocenters. The number of anilines is 2. The van der Waals surface area contributed by atoms with Gasteiger partial charge in [-0.05, 0) is 48.5 Å². The first-order chi connectivity index (χ1) is 14.6. The molecule has 0 bridgehead atoms. The van der Waals surface area contributed by atoms with Crippen LogP contribution in [0, 0.1) is 0 Å². The van der Waals surface area contributed by atoms with Gasteiger partial charge in [0.05, 0.1) is 11.1 Å². The van der Waals surface area contributed by atoms with Gasteiger partial charge in [-0.15, -0.1) is 0 Å². The Balaban J connectivity index is 1.67. The van der Waals surface area contributed by atoms with E-state index in [9.17, 15) is 4.79 Å². The fourth-order valence-corrected chi connectivity index (χ4v) is 3.04. The average molecular weight is 396 g/mol. The quantitative estimate of drug-likeness (QED) is 0.324. The molecule has 5 nitrogen and oxygen atoms in total. The summed E-state index contributed by atoms with van der Waals surface area (Å²) in [7, 11) is 0. The second-order valence-corrected chi connectivity index (χ2v) is 6.67. The van der Waals surface area contributed by atoms with Crippen LogP contribution in [-0.4, -0.2) is 5.78 Å². The number of rotatable bonds is 6. The van der Waals surface area contributed by atoms with Crippen LogP contribution in [0.25, 0.3) is 0 Å². The zero-order valence-electron chi connectivity index (χ0n) is 16.1. The highest BCUT2D eigenvalue weighted by Crippen LogP contribution is 2.32. The molecule has 4 N–H and O–H groups in total. The predicted molar refractivity (Wildman–Crippen MR) is 118 cm³/mol. The second-order valence-electron chi connectivity index (χ2n) is 6.67. The summed E-state index contributed by atoms with van der Waals surface area (Å²) in [4.78, 5) is 13.4. The summed E-state index contributed by atoms with van der Waals surface area (Å²) >= 11 is 0. The molecule has 5 heteroatoms. The maximum atomic E-state index is 13.4. The zero-order chi connectivity index (χ0) is 20.9. The molecule has 0 saturated carbocycles. The Bertz CT molecular complexity index is 1110. The Labute approximate surface area is 174 Å². The molecule has 0 amide bonds. The van der Waals surface area contributed by atoms with E-state index in [1.165, 1.54) is 0 Å². The maximum Gasteiger partial charge on any atom is 0.200 e. The van der Waals surface area contributed by atoms with Crippen molar-refractivity contribution in [2.45, 2.75) is 0 Å². The molecule has 0 fully saturated rings. The number of carbonyl (C=O) groups excluding carboxylic acids is 1. The molecule has 0 aliphatic rings. The van der Waals surface area contributed by atoms with Crippen molar-refractivity contribution in [3.8, 4) is 23.0 Å². The van der Waals surface area contributed by atoms with Gasteiger partial charge in [-0.25, -0.2) is 0 Å². The lowest BCUT2D eigenvalue weighted by Gasteiger charge is -2.14. The first kappa shape index (κ1) is 19.1. The number of ether oxygens (including phenoxy) is 2. The van der Waals surface area contributed by atoms with Crippen LogP contribution in [-0.2, 0) is 0 Å². The molecule has 0 spiro atoms. The van der Waals surface area contributed by atoms with Crippen LogP contribution in [0.4, 0.5) is 11.4 Å². The van der Waals surface area contributed by atoms with E-state index in [0.717, 1.165) is 0 Å². The first-order valence-corrected chi connectivity index (χ1v) is 9.40. The van der Waals surface area contributed by atoms with Gasteiger partial charge in [0.1, 0.15) is 23.0 Å². The van der Waals surface area contributed by atoms with E-state index >= 15 is 0 Å². The Morgan fingerprint density at radius 2 is 1.00 bits per heavy atom. The predicted octanol–water partition coefficient (Wildman–Crippen LogP) is 5.67. The Morgan fingerprint density at radius 3 is 1.43 bits per heavy atom. The second kappa shape index (κ2) is 8.41. The number of nitrogens with two attached hydrogens (primary N) is 2. The van der Waals surface area contributed by atoms with Crippen molar-refractivity contribution in [2.75, 3.05) is 11.5 Å². The van der Waals surface area contributed by atoms with Crippen molar-refractivity contribution in [2.24, 2.45) is 0 Å². The van der Waals surface area contributed by atoms with Crippen molar-refractivity contribution in [1.29, 1.82) is 0 Å². The Morgan fingerprint density at radius 1 is 0.567 bits per heavy atom. The largest absolute Gasteiger partial charge is 0.457 e. The third-order valence-corrected chi connectivity index (χ3v) is 4.44. The summed E-state index contributed by atoms with van der Waals surface area (Å²) in [5, 5.41) is 0. The van der Waals surface area contributed by atoms with Crippen molar-refractivity contribution in [1.82, 2.24) is 0 Å². The molecule has 30 heavy (non-hydrogen) atoms. The van der Waals surface area contributed by atoms with Crippen LogP contribution >= 0.6 is 0 Å². The summed E-state index contributed by atoms with van der Waals surface area (Å²) in [5.74, 6) is 1.77. The summed E-state index contributed by atoms with van der Waals surface area (Å²) in [6.07, 6.45) is 0. The van der Waals surface area contributed by atoms with Gasteiger partial charge in [0.2, 0.25) is 5.78 Å². The van der Waals surface area contributed by atoms with Crippen molar-refractivity contribution < 1.29 is 14.3 Å². The number of ketones is 1. The topological polar surface area (TPSA) is 87.6 Å². The smallest absolute Gasteiger partial charge is 0.200 e. The van der Waals surface area contributed by atoms with Crippen LogP contribution in [0.15, 0.2) is 97.1 Å². The molecular formula is C25H20N2O3. The number of carbonyl (C=O) groups is 1. The maximum absolute atomic E-state index is 13.4. The van der Waals surface area contributed by atoms with Crippen LogP contribution in [0.3, 0.4) is 0 Å². The van der Waals surface area contributed by atoms with Gasteiger partial charge in [-0.2, -0.15) is 0 Å². The van der Waals surface area contributed by atoms with Gasteiger partial charge in [0, 0.05) is 23.5 Å². The monoisotopic (exact) mass is 396 g/mol. The van der Waals surface area contributed by atoms with Gasteiger partial charge in [0.15, 0.2) is 0 Å². The molecule has 0 aliphatic carbocycles. The van der Waals surface area contributed by atoms with E-state index in [0.29, 0.717) is 45.5 Å². The van der Waals surface area contributed by atoms with Crippen LogP contribution in [0.1, 0.15) is 15.9 Å². The fraction of sp³-hybridized carbons (Fsp3) is 0. The highest BCUT2D eigenvalue weighted by molar-refractivity contribution is 6.12. The van der Waals surface area contributed by atoms with E-state index in [4.69, 9.17) is 20.9 Å². The Hall–Kier alpha value is -4.25. The SMILES string of the molecule is Nc1cccc(Oc2ccccc2C(=O)c2ccccc2Oc2cccc(N)c2)c1. The molecule has 0 aliphatic heterocycles. The van der Waals surface area contributed by atoms with E-state index < -0.39 is 0 Å². The number of hydrogen-bond donors (Lipinski definition) is 2.